The molecule has 1 heterocycles. The first kappa shape index (κ1) is 19.3. The van der Waals surface area contributed by atoms with Gasteiger partial charge in [0.1, 0.15) is 12.1 Å². The van der Waals surface area contributed by atoms with Crippen molar-refractivity contribution in [2.45, 2.75) is 24.9 Å². The number of nitrogens with zero attached hydrogens (tertiary/aromatic N) is 2. The fourth-order valence-electron chi connectivity index (χ4n) is 3.39. The molecule has 2 aromatic rings. The largest absolute Gasteiger partial charge is 0.467 e. The molecule has 0 radical (unpaired) electrons. The maximum absolute atomic E-state index is 13.3. The summed E-state index contributed by atoms with van der Waals surface area (Å²) < 4.78 is 4.83. The van der Waals surface area contributed by atoms with Crippen molar-refractivity contribution in [3.8, 4) is 0 Å². The van der Waals surface area contributed by atoms with Gasteiger partial charge in [0, 0.05) is 24.4 Å². The Hall–Kier alpha value is -3.42. The second-order valence-corrected chi connectivity index (χ2v) is 6.51. The van der Waals surface area contributed by atoms with Gasteiger partial charge in [-0.1, -0.05) is 36.4 Å². The summed E-state index contributed by atoms with van der Waals surface area (Å²) in [6, 6.07) is 13.7. The molecule has 0 spiro atoms. The number of non-ortho nitro benzene ring substituents is 1. The highest BCUT2D eigenvalue weighted by Crippen LogP contribution is 2.28. The van der Waals surface area contributed by atoms with Crippen LogP contribution in [0.25, 0.3) is 0 Å². The van der Waals surface area contributed by atoms with Gasteiger partial charge in [0.05, 0.1) is 12.0 Å². The van der Waals surface area contributed by atoms with Crippen LogP contribution in [0.5, 0.6) is 0 Å². The maximum Gasteiger partial charge on any atom is 0.328 e. The third kappa shape index (κ3) is 4.11. The number of amides is 1. The SMILES string of the molecule is COC(=O)[C@@H]1CCCN1C(=O)C(Nc1cccc([N+](=O)[O-])c1)c1ccccc1. The Balaban J connectivity index is 1.92. The van der Waals surface area contributed by atoms with E-state index < -0.39 is 23.0 Å². The fourth-order valence-corrected chi connectivity index (χ4v) is 3.39. The summed E-state index contributed by atoms with van der Waals surface area (Å²) in [5, 5.41) is 14.2. The number of anilines is 1. The van der Waals surface area contributed by atoms with E-state index in [-0.39, 0.29) is 11.6 Å². The standard InChI is InChI=1S/C20H21N3O5/c1-28-20(25)17-11-6-12-22(17)19(24)18(14-7-3-2-4-8-14)21-15-9-5-10-16(13-15)23(26)27/h2-5,7-10,13,17-18,21H,6,11-12H2,1H3/t17-,18?/m0/s1. The Morgan fingerprint density at radius 3 is 2.64 bits per heavy atom. The van der Waals surface area contributed by atoms with E-state index >= 15 is 0 Å². The number of esters is 1. The molecule has 8 nitrogen and oxygen atoms in total. The number of nitrogens with one attached hydrogen (secondary N) is 1. The third-order valence-corrected chi connectivity index (χ3v) is 4.76. The smallest absolute Gasteiger partial charge is 0.328 e. The number of rotatable bonds is 6. The van der Waals surface area contributed by atoms with Crippen LogP contribution in [0.4, 0.5) is 11.4 Å². The monoisotopic (exact) mass is 383 g/mol. The van der Waals surface area contributed by atoms with Crippen LogP contribution in [0, 0.1) is 10.1 Å². The lowest BCUT2D eigenvalue weighted by Crippen LogP contribution is -2.45. The van der Waals surface area contributed by atoms with Crippen LogP contribution >= 0.6 is 0 Å². The van der Waals surface area contributed by atoms with Crippen LogP contribution in [0.15, 0.2) is 54.6 Å². The molecule has 1 aliphatic rings. The van der Waals surface area contributed by atoms with Gasteiger partial charge in [0.2, 0.25) is 5.91 Å². The summed E-state index contributed by atoms with van der Waals surface area (Å²) in [6.45, 7) is 0.457. The highest BCUT2D eigenvalue weighted by atomic mass is 16.6. The zero-order valence-electron chi connectivity index (χ0n) is 15.4. The van der Waals surface area contributed by atoms with Crippen LogP contribution in [-0.2, 0) is 14.3 Å². The van der Waals surface area contributed by atoms with Crippen LogP contribution in [0.2, 0.25) is 0 Å². The molecule has 146 valence electrons. The predicted molar refractivity (Wildman–Crippen MR) is 103 cm³/mol. The Labute approximate surface area is 162 Å². The molecule has 1 aliphatic heterocycles. The van der Waals surface area contributed by atoms with Gasteiger partial charge in [-0.05, 0) is 24.5 Å². The first-order valence-electron chi connectivity index (χ1n) is 8.95. The van der Waals surface area contributed by atoms with Gasteiger partial charge < -0.3 is 15.0 Å². The zero-order chi connectivity index (χ0) is 20.1. The van der Waals surface area contributed by atoms with Crippen molar-refractivity contribution < 1.29 is 19.2 Å². The normalized spacial score (nSPS) is 17.0. The van der Waals surface area contributed by atoms with E-state index in [0.29, 0.717) is 30.6 Å². The van der Waals surface area contributed by atoms with Crippen molar-refractivity contribution in [2.24, 2.45) is 0 Å². The highest BCUT2D eigenvalue weighted by molar-refractivity contribution is 5.90. The van der Waals surface area contributed by atoms with Gasteiger partial charge in [-0.3, -0.25) is 14.9 Å². The van der Waals surface area contributed by atoms with E-state index in [9.17, 15) is 19.7 Å². The molecule has 0 aliphatic carbocycles. The zero-order valence-corrected chi connectivity index (χ0v) is 15.4. The van der Waals surface area contributed by atoms with Gasteiger partial charge in [0.25, 0.3) is 5.69 Å². The van der Waals surface area contributed by atoms with Crippen LogP contribution in [-0.4, -0.2) is 41.4 Å². The van der Waals surface area contributed by atoms with E-state index in [1.807, 2.05) is 18.2 Å². The molecule has 2 aromatic carbocycles. The van der Waals surface area contributed by atoms with Gasteiger partial charge in [-0.2, -0.15) is 0 Å². The first-order chi connectivity index (χ1) is 13.5. The molecule has 1 saturated heterocycles. The highest BCUT2D eigenvalue weighted by Gasteiger charge is 2.38. The van der Waals surface area contributed by atoms with Crippen LogP contribution in [0.1, 0.15) is 24.4 Å². The molecule has 1 unspecified atom stereocenters. The fraction of sp³-hybridized carbons (Fsp3) is 0.300. The molecule has 0 aromatic heterocycles. The first-order valence-corrected chi connectivity index (χ1v) is 8.95. The number of ether oxygens (including phenoxy) is 1. The molecular weight excluding hydrogens is 362 g/mol. The quantitative estimate of drug-likeness (QED) is 0.467. The number of hydrogen-bond donors (Lipinski definition) is 1. The Morgan fingerprint density at radius 2 is 1.96 bits per heavy atom. The third-order valence-electron chi connectivity index (χ3n) is 4.76. The topological polar surface area (TPSA) is 102 Å². The van der Waals surface area contributed by atoms with Crippen molar-refractivity contribution >= 4 is 23.3 Å². The number of nitro benzene ring substituents is 1. The van der Waals surface area contributed by atoms with E-state index in [2.05, 4.69) is 5.32 Å². The number of carbonyl (C=O) groups excluding carboxylic acids is 2. The molecule has 1 N–H and O–H groups in total. The number of nitro groups is 1. The van der Waals surface area contributed by atoms with E-state index in [1.54, 1.807) is 24.3 Å². The molecule has 1 fully saturated rings. The minimum Gasteiger partial charge on any atom is -0.467 e. The summed E-state index contributed by atoms with van der Waals surface area (Å²) in [7, 11) is 1.30. The molecule has 0 bridgehead atoms. The molecule has 8 heteroatoms. The van der Waals surface area contributed by atoms with Gasteiger partial charge >= 0.3 is 5.97 Å². The van der Waals surface area contributed by atoms with Gasteiger partial charge in [-0.15, -0.1) is 0 Å². The van der Waals surface area contributed by atoms with Crippen molar-refractivity contribution in [3.63, 3.8) is 0 Å². The lowest BCUT2D eigenvalue weighted by molar-refractivity contribution is -0.384. The van der Waals surface area contributed by atoms with Gasteiger partial charge in [-0.25, -0.2) is 4.79 Å². The number of carbonyl (C=O) groups is 2. The number of hydrogen-bond acceptors (Lipinski definition) is 6. The average Bonchev–Trinajstić information content (AvgIpc) is 3.21. The van der Waals surface area contributed by atoms with Crippen molar-refractivity contribution in [2.75, 3.05) is 19.0 Å². The molecule has 28 heavy (non-hydrogen) atoms. The lowest BCUT2D eigenvalue weighted by Gasteiger charge is -2.28. The average molecular weight is 383 g/mol. The molecule has 3 rings (SSSR count). The Morgan fingerprint density at radius 1 is 1.21 bits per heavy atom. The Bertz CT molecular complexity index is 871. The molecule has 2 atom stereocenters. The van der Waals surface area contributed by atoms with Crippen molar-refractivity contribution in [1.29, 1.82) is 0 Å². The van der Waals surface area contributed by atoms with E-state index in [4.69, 9.17) is 4.74 Å². The van der Waals surface area contributed by atoms with E-state index in [0.717, 1.165) is 0 Å². The molecule has 1 amide bonds. The summed E-state index contributed by atoms with van der Waals surface area (Å²) in [5.41, 5.74) is 1.08. The summed E-state index contributed by atoms with van der Waals surface area (Å²) in [6.07, 6.45) is 1.26. The number of methoxy groups -OCH3 is 1. The minimum absolute atomic E-state index is 0.0714. The van der Waals surface area contributed by atoms with Crippen LogP contribution in [0.3, 0.4) is 0 Å². The van der Waals surface area contributed by atoms with Crippen LogP contribution < -0.4 is 5.32 Å². The second-order valence-electron chi connectivity index (χ2n) is 6.51. The van der Waals surface area contributed by atoms with Crippen molar-refractivity contribution in [1.82, 2.24) is 4.90 Å². The lowest BCUT2D eigenvalue weighted by atomic mass is 10.0. The summed E-state index contributed by atoms with van der Waals surface area (Å²) in [5.74, 6) is -0.710. The molecular formula is C20H21N3O5. The van der Waals surface area contributed by atoms with E-state index in [1.165, 1.54) is 24.1 Å². The summed E-state index contributed by atoms with van der Waals surface area (Å²) >= 11 is 0. The summed E-state index contributed by atoms with van der Waals surface area (Å²) in [4.78, 5) is 37.5. The Kier molecular flexibility index (Phi) is 5.88. The van der Waals surface area contributed by atoms with Gasteiger partial charge in [0.15, 0.2) is 0 Å². The predicted octanol–water partition coefficient (Wildman–Crippen LogP) is 2.91. The number of benzene rings is 2. The second kappa shape index (κ2) is 8.51. The molecule has 0 saturated carbocycles. The maximum atomic E-state index is 13.3. The number of likely N-dealkylation sites (tertiary alicyclic amines) is 1. The minimum atomic E-state index is -0.784. The van der Waals surface area contributed by atoms with Crippen molar-refractivity contribution in [3.05, 3.63) is 70.3 Å².